The van der Waals surface area contributed by atoms with Crippen LogP contribution < -0.4 is 0 Å². The molecule has 0 aliphatic heterocycles. The lowest BCUT2D eigenvalue weighted by atomic mass is 10.6. The monoisotopic (exact) mass is 134 g/mol. The molecule has 0 bridgehead atoms. The van der Waals surface area contributed by atoms with Gasteiger partial charge in [0, 0.05) is 0 Å². The first-order chi connectivity index (χ1) is 3.27. The molecule has 0 rings (SSSR count). The maximum atomic E-state index is 5.37. The van der Waals surface area contributed by atoms with Crippen molar-refractivity contribution in [2.45, 2.75) is 25.9 Å². The van der Waals surface area contributed by atoms with E-state index in [4.69, 9.17) is 4.12 Å². The summed E-state index contributed by atoms with van der Waals surface area (Å²) >= 11 is 0. The van der Waals surface area contributed by atoms with Crippen LogP contribution in [-0.4, -0.2) is 19.5 Å². The molecule has 0 aromatic heterocycles. The van der Waals surface area contributed by atoms with Crippen LogP contribution in [0.25, 0.3) is 0 Å². The molecule has 0 unspecified atom stereocenters. The van der Waals surface area contributed by atoms with E-state index in [1.54, 1.807) is 0 Å². The van der Waals surface area contributed by atoms with E-state index in [1.165, 1.54) is 0 Å². The molecule has 0 atom stereocenters. The second kappa shape index (κ2) is 4.55. The van der Waals surface area contributed by atoms with Crippen molar-refractivity contribution in [3.05, 3.63) is 0 Å². The lowest BCUT2D eigenvalue weighted by Crippen LogP contribution is -2.03. The van der Waals surface area contributed by atoms with Crippen LogP contribution in [0.15, 0.2) is 0 Å². The fourth-order valence-electron chi connectivity index (χ4n) is 0.354. The van der Waals surface area contributed by atoms with Gasteiger partial charge in [-0.15, -0.1) is 0 Å². The van der Waals surface area contributed by atoms with E-state index in [2.05, 4.69) is 20.4 Å². The molecular weight excluding hydrogens is 120 g/mol. The average molecular weight is 134 g/mol. The Hall–Kier alpha value is 0.394. The Kier molecular flexibility index (Phi) is 4.81. The van der Waals surface area contributed by atoms with Crippen molar-refractivity contribution in [2.75, 3.05) is 0 Å². The van der Waals surface area contributed by atoms with E-state index in [0.29, 0.717) is 0 Å². The van der Waals surface area contributed by atoms with Gasteiger partial charge in [-0.1, -0.05) is 20.4 Å². The predicted octanol–water partition coefficient (Wildman–Crippen LogP) is 0.0470. The Labute approximate surface area is 50.3 Å². The van der Waals surface area contributed by atoms with Crippen LogP contribution in [0.5, 0.6) is 0 Å². The van der Waals surface area contributed by atoms with Crippen molar-refractivity contribution in [3.63, 3.8) is 0 Å². The molecule has 7 heavy (non-hydrogen) atoms. The van der Waals surface area contributed by atoms with Crippen molar-refractivity contribution < 1.29 is 4.12 Å². The van der Waals surface area contributed by atoms with Crippen molar-refractivity contribution in [1.82, 2.24) is 0 Å². The third-order valence-electron chi connectivity index (χ3n) is 0.655. The smallest absolute Gasteiger partial charge is 0.148 e. The highest BCUT2D eigenvalue weighted by Gasteiger charge is 1.90. The highest BCUT2D eigenvalue weighted by Crippen LogP contribution is 1.94. The van der Waals surface area contributed by atoms with Gasteiger partial charge < -0.3 is 4.12 Å². The zero-order chi connectivity index (χ0) is 5.70. The molecule has 0 aliphatic carbocycles. The highest BCUT2D eigenvalue weighted by molar-refractivity contribution is 6.42. The second-order valence-corrected chi connectivity index (χ2v) is 6.23. The first kappa shape index (κ1) is 7.39. The van der Waals surface area contributed by atoms with Crippen LogP contribution in [0, 0.1) is 0 Å². The number of hydrogen-bond acceptors (Lipinski definition) is 1. The Morgan fingerprint density at radius 3 is 2.14 bits per heavy atom. The molecule has 3 heteroatoms. The van der Waals surface area contributed by atoms with Gasteiger partial charge in [0.15, 0.2) is 0 Å². The Morgan fingerprint density at radius 1 is 1.43 bits per heavy atom. The summed E-state index contributed by atoms with van der Waals surface area (Å²) in [5.41, 5.74) is 0.854. The summed E-state index contributed by atoms with van der Waals surface area (Å²) in [6, 6.07) is 0. The van der Waals surface area contributed by atoms with Crippen molar-refractivity contribution in [2.24, 2.45) is 0 Å². The van der Waals surface area contributed by atoms with Gasteiger partial charge in [0.25, 0.3) is 0 Å². The topological polar surface area (TPSA) is 9.23 Å². The van der Waals surface area contributed by atoms with Gasteiger partial charge in [0.05, 0.1) is 0 Å². The Bertz CT molecular complexity index is 38.7. The number of hydrogen-bond donors (Lipinski definition) is 0. The summed E-state index contributed by atoms with van der Waals surface area (Å²) in [6.07, 6.45) is 0. The van der Waals surface area contributed by atoms with Gasteiger partial charge in [0.2, 0.25) is 0 Å². The van der Waals surface area contributed by atoms with E-state index in [9.17, 15) is 0 Å². The summed E-state index contributed by atoms with van der Waals surface area (Å²) in [7, 11) is -0.159. The quantitative estimate of drug-likeness (QED) is 0.496. The molecule has 44 valence electrons. The first-order valence-corrected chi connectivity index (χ1v) is 6.23. The molecule has 0 spiro atoms. The van der Waals surface area contributed by atoms with Crippen LogP contribution in [0.3, 0.4) is 0 Å². The average Bonchev–Trinajstić information content (AvgIpc) is 1.61. The zero-order valence-corrected chi connectivity index (χ0v) is 8.23. The lowest BCUT2D eigenvalue weighted by Gasteiger charge is -2.00. The summed E-state index contributed by atoms with van der Waals surface area (Å²) in [5, 5.41) is 0. The lowest BCUT2D eigenvalue weighted by molar-refractivity contribution is 0.628. The van der Waals surface area contributed by atoms with Crippen LogP contribution >= 0.6 is 0 Å². The normalized spacial score (nSPS) is 13.7. The van der Waals surface area contributed by atoms with Gasteiger partial charge in [-0.3, -0.25) is 0 Å². The molecule has 0 heterocycles. The molecule has 0 saturated carbocycles. The number of rotatable bonds is 3. The van der Waals surface area contributed by atoms with E-state index >= 15 is 0 Å². The van der Waals surface area contributed by atoms with Crippen LogP contribution in [0.4, 0.5) is 0 Å². The molecule has 0 radical (unpaired) electrons. The van der Waals surface area contributed by atoms with Gasteiger partial charge in [0.1, 0.15) is 19.5 Å². The second-order valence-electron chi connectivity index (χ2n) is 2.05. The highest BCUT2D eigenvalue weighted by atomic mass is 28.3. The maximum Gasteiger partial charge on any atom is 0.148 e. The van der Waals surface area contributed by atoms with Crippen molar-refractivity contribution >= 4 is 19.5 Å². The van der Waals surface area contributed by atoms with Crippen molar-refractivity contribution in [1.29, 1.82) is 0 Å². The van der Waals surface area contributed by atoms with E-state index in [0.717, 1.165) is 5.54 Å². The molecule has 0 aromatic carbocycles. The molecule has 0 N–H and O–H groups in total. The summed E-state index contributed by atoms with van der Waals surface area (Å²) in [5.74, 6) is 0. The third kappa shape index (κ3) is 6.39. The van der Waals surface area contributed by atoms with Crippen molar-refractivity contribution in [3.8, 4) is 0 Å². The first-order valence-electron chi connectivity index (χ1n) is 2.85. The van der Waals surface area contributed by atoms with E-state index in [1.807, 2.05) is 0 Å². The molecular formula is C4H14OSi2. The van der Waals surface area contributed by atoms with Crippen LogP contribution in [0.1, 0.15) is 13.8 Å². The largest absolute Gasteiger partial charge is 0.465 e. The van der Waals surface area contributed by atoms with Crippen LogP contribution in [-0.2, 0) is 4.12 Å². The Balaban J connectivity index is 2.68. The van der Waals surface area contributed by atoms with E-state index in [-0.39, 0.29) is 19.5 Å². The Morgan fingerprint density at radius 2 is 2.00 bits per heavy atom. The fraction of sp³-hybridized carbons (Fsp3) is 1.00. The van der Waals surface area contributed by atoms with Gasteiger partial charge in [-0.25, -0.2) is 0 Å². The van der Waals surface area contributed by atoms with E-state index < -0.39 is 0 Å². The minimum Gasteiger partial charge on any atom is -0.465 e. The van der Waals surface area contributed by atoms with Gasteiger partial charge in [-0.2, -0.15) is 0 Å². The maximum absolute atomic E-state index is 5.37. The predicted molar refractivity (Wildman–Crippen MR) is 39.1 cm³/mol. The summed E-state index contributed by atoms with van der Waals surface area (Å²) in [6.45, 7) is 6.65. The van der Waals surface area contributed by atoms with Gasteiger partial charge in [-0.05, 0) is 5.54 Å². The zero-order valence-electron chi connectivity index (χ0n) is 5.40. The molecule has 0 saturated heterocycles. The molecule has 0 aromatic rings. The fourth-order valence-corrected chi connectivity index (χ4v) is 3.18. The summed E-state index contributed by atoms with van der Waals surface area (Å²) < 4.78 is 5.37. The molecule has 1 nitrogen and oxygen atoms in total. The summed E-state index contributed by atoms with van der Waals surface area (Å²) in [4.78, 5) is 0. The third-order valence-corrected chi connectivity index (χ3v) is 3.90. The molecule has 0 aliphatic rings. The van der Waals surface area contributed by atoms with Crippen LogP contribution in [0.2, 0.25) is 12.1 Å². The minimum absolute atomic E-state index is 0.0671. The minimum atomic E-state index is -0.0922. The standard InChI is InChI=1S/C4H14OSi2/c1-4(2)7-5-6-3/h4H,6-7H2,1-3H3. The van der Waals surface area contributed by atoms with Gasteiger partial charge >= 0.3 is 0 Å². The molecule has 0 fully saturated rings. The molecule has 0 amide bonds. The SMILES string of the molecule is C[SiH2]O[SiH2]C(C)C.